The van der Waals surface area contributed by atoms with E-state index in [1.165, 1.54) is 0 Å². The third kappa shape index (κ3) is 5.81. The molecule has 0 bridgehead atoms. The molecule has 1 amide bonds. The summed E-state index contributed by atoms with van der Waals surface area (Å²) in [5.41, 5.74) is 12.9. The van der Waals surface area contributed by atoms with Crippen LogP contribution < -0.4 is 16.6 Å². The number of hydrazine groups is 1. The van der Waals surface area contributed by atoms with E-state index in [2.05, 4.69) is 17.8 Å². The molecule has 1 aromatic rings. The second-order valence-corrected chi connectivity index (χ2v) is 5.97. The number of carbonyl (C=O) groups is 1. The van der Waals surface area contributed by atoms with Gasteiger partial charge in [-0.15, -0.1) is 0 Å². The first-order valence-electron chi connectivity index (χ1n) is 6.68. The summed E-state index contributed by atoms with van der Waals surface area (Å²) >= 11 is 1.74. The Morgan fingerprint density at radius 1 is 1.40 bits per heavy atom. The molecule has 6 heteroatoms. The predicted molar refractivity (Wildman–Crippen MR) is 84.5 cm³/mol. The Hall–Kier alpha value is -1.24. The summed E-state index contributed by atoms with van der Waals surface area (Å²) < 4.78 is 0. The van der Waals surface area contributed by atoms with E-state index in [1.54, 1.807) is 11.8 Å². The molecule has 112 valence electrons. The zero-order valence-electron chi connectivity index (χ0n) is 11.9. The van der Waals surface area contributed by atoms with E-state index in [1.807, 2.05) is 31.2 Å². The second kappa shape index (κ2) is 8.84. The summed E-state index contributed by atoms with van der Waals surface area (Å²) in [7, 11) is 0. The summed E-state index contributed by atoms with van der Waals surface area (Å²) in [5, 5.41) is 9.82. The van der Waals surface area contributed by atoms with E-state index in [0.29, 0.717) is 6.42 Å². The number of thioether (sulfide) groups is 1. The molecule has 0 aliphatic heterocycles. The number of nitrogens with one attached hydrogen (secondary N) is 2. The van der Waals surface area contributed by atoms with Crippen LogP contribution in [0.25, 0.3) is 0 Å². The van der Waals surface area contributed by atoms with Crippen molar-refractivity contribution in [2.45, 2.75) is 32.4 Å². The molecule has 0 radical (unpaired) electrons. The lowest BCUT2D eigenvalue weighted by atomic mass is 10.1. The molecule has 0 aliphatic rings. The van der Waals surface area contributed by atoms with Gasteiger partial charge in [-0.1, -0.05) is 24.6 Å². The van der Waals surface area contributed by atoms with Gasteiger partial charge in [0.15, 0.2) is 0 Å². The number of anilines is 1. The van der Waals surface area contributed by atoms with Gasteiger partial charge in [0.05, 0.1) is 5.69 Å². The Morgan fingerprint density at radius 2 is 2.05 bits per heavy atom. The van der Waals surface area contributed by atoms with Gasteiger partial charge in [0, 0.05) is 6.04 Å². The third-order valence-corrected chi connectivity index (χ3v) is 3.79. The van der Waals surface area contributed by atoms with E-state index >= 15 is 0 Å². The van der Waals surface area contributed by atoms with Crippen LogP contribution >= 0.6 is 11.8 Å². The maximum Gasteiger partial charge on any atom is 0.268 e. The Morgan fingerprint density at radius 3 is 2.65 bits per heavy atom. The number of benzene rings is 1. The fourth-order valence-corrected chi connectivity index (χ4v) is 2.29. The van der Waals surface area contributed by atoms with Crippen molar-refractivity contribution in [3.8, 4) is 0 Å². The molecule has 0 saturated carbocycles. The zero-order valence-corrected chi connectivity index (χ0v) is 12.7. The van der Waals surface area contributed by atoms with Gasteiger partial charge >= 0.3 is 0 Å². The van der Waals surface area contributed by atoms with Crippen molar-refractivity contribution in [2.75, 3.05) is 16.9 Å². The van der Waals surface area contributed by atoms with Crippen molar-refractivity contribution in [1.82, 2.24) is 5.43 Å². The Kier molecular flexibility index (Phi) is 7.43. The Bertz CT molecular complexity index is 411. The number of amides is 1. The lowest BCUT2D eigenvalue weighted by Crippen LogP contribution is -2.48. The molecule has 0 aliphatic carbocycles. The molecule has 5 nitrogen and oxygen atoms in total. The Labute approximate surface area is 124 Å². The standard InChI is InChI=1S/C14H23N3O2S/c1-3-20-9-8-12(15)13(18)14(19)17-16-11-6-4-10(2)5-7-11/h4-7,12-13,16,18H,3,8-9,15H2,1-2H3,(H,17,19)/t12-,13?/m1/s1. The highest BCUT2D eigenvalue weighted by Crippen LogP contribution is 2.08. The van der Waals surface area contributed by atoms with Crippen LogP contribution in [0.1, 0.15) is 18.9 Å². The van der Waals surface area contributed by atoms with E-state index < -0.39 is 18.1 Å². The van der Waals surface area contributed by atoms with Crippen LogP contribution in [-0.2, 0) is 4.79 Å². The maximum absolute atomic E-state index is 11.7. The SMILES string of the molecule is CCSCC[C@@H](N)C(O)C(=O)NNc1ccc(C)cc1. The van der Waals surface area contributed by atoms with Crippen LogP contribution in [0.2, 0.25) is 0 Å². The number of hydrogen-bond donors (Lipinski definition) is 4. The fraction of sp³-hybridized carbons (Fsp3) is 0.500. The normalized spacial score (nSPS) is 13.6. The molecular weight excluding hydrogens is 274 g/mol. The van der Waals surface area contributed by atoms with E-state index in [0.717, 1.165) is 22.8 Å². The number of aliphatic hydroxyl groups is 1. The zero-order chi connectivity index (χ0) is 15.0. The highest BCUT2D eigenvalue weighted by molar-refractivity contribution is 7.99. The quantitative estimate of drug-likeness (QED) is 0.429. The molecule has 0 saturated heterocycles. The number of nitrogens with two attached hydrogens (primary N) is 1. The van der Waals surface area contributed by atoms with Crippen molar-refractivity contribution in [3.63, 3.8) is 0 Å². The van der Waals surface area contributed by atoms with Crippen LogP contribution in [0, 0.1) is 6.92 Å². The maximum atomic E-state index is 11.7. The van der Waals surface area contributed by atoms with Crippen LogP contribution in [0.3, 0.4) is 0 Å². The molecule has 20 heavy (non-hydrogen) atoms. The van der Waals surface area contributed by atoms with Crippen LogP contribution in [0.5, 0.6) is 0 Å². The van der Waals surface area contributed by atoms with Crippen LogP contribution in [-0.4, -0.2) is 34.7 Å². The molecule has 0 fully saturated rings. The molecule has 1 rings (SSSR count). The van der Waals surface area contributed by atoms with Crippen molar-refractivity contribution in [1.29, 1.82) is 0 Å². The molecule has 0 spiro atoms. The Balaban J connectivity index is 2.35. The molecular formula is C14H23N3O2S. The van der Waals surface area contributed by atoms with Crippen molar-refractivity contribution in [3.05, 3.63) is 29.8 Å². The highest BCUT2D eigenvalue weighted by atomic mass is 32.2. The summed E-state index contributed by atoms with van der Waals surface area (Å²) in [6.45, 7) is 4.05. The minimum atomic E-state index is -1.20. The van der Waals surface area contributed by atoms with Crippen molar-refractivity contribution >= 4 is 23.4 Å². The summed E-state index contributed by atoms with van der Waals surface area (Å²) in [6.07, 6.45) is -0.595. The minimum Gasteiger partial charge on any atom is -0.382 e. The van der Waals surface area contributed by atoms with Gasteiger partial charge in [-0.3, -0.25) is 15.6 Å². The second-order valence-electron chi connectivity index (χ2n) is 4.57. The number of aliphatic hydroxyl groups excluding tert-OH is 1. The van der Waals surface area contributed by atoms with Crippen LogP contribution in [0.4, 0.5) is 5.69 Å². The first-order valence-corrected chi connectivity index (χ1v) is 7.84. The summed E-state index contributed by atoms with van der Waals surface area (Å²) in [5.74, 6) is 1.33. The molecule has 0 aromatic heterocycles. The van der Waals surface area contributed by atoms with Crippen molar-refractivity contribution in [2.24, 2.45) is 5.73 Å². The van der Waals surface area contributed by atoms with Crippen LogP contribution in [0.15, 0.2) is 24.3 Å². The average Bonchev–Trinajstić information content (AvgIpc) is 2.45. The topological polar surface area (TPSA) is 87.4 Å². The minimum absolute atomic E-state index is 0.514. The van der Waals surface area contributed by atoms with E-state index in [4.69, 9.17) is 5.73 Å². The van der Waals surface area contributed by atoms with Gasteiger partial charge in [0.1, 0.15) is 6.10 Å². The molecule has 2 atom stereocenters. The number of hydrogen-bond acceptors (Lipinski definition) is 5. The smallest absolute Gasteiger partial charge is 0.268 e. The lowest BCUT2D eigenvalue weighted by molar-refractivity contribution is -0.129. The molecule has 0 heterocycles. The van der Waals surface area contributed by atoms with E-state index in [9.17, 15) is 9.90 Å². The third-order valence-electron chi connectivity index (χ3n) is 2.86. The fourth-order valence-electron chi connectivity index (χ4n) is 1.56. The largest absolute Gasteiger partial charge is 0.382 e. The van der Waals surface area contributed by atoms with Crippen molar-refractivity contribution < 1.29 is 9.90 Å². The van der Waals surface area contributed by atoms with E-state index in [-0.39, 0.29) is 0 Å². The first-order chi connectivity index (χ1) is 9.54. The molecule has 5 N–H and O–H groups in total. The number of aryl methyl sites for hydroxylation is 1. The first kappa shape index (κ1) is 16.8. The van der Waals surface area contributed by atoms with Gasteiger partial charge < -0.3 is 10.8 Å². The lowest BCUT2D eigenvalue weighted by Gasteiger charge is -2.18. The monoisotopic (exact) mass is 297 g/mol. The number of rotatable bonds is 8. The molecule has 1 aromatic carbocycles. The van der Waals surface area contributed by atoms with Gasteiger partial charge in [-0.05, 0) is 37.0 Å². The van der Waals surface area contributed by atoms with Gasteiger partial charge in [0.2, 0.25) is 0 Å². The summed E-state index contributed by atoms with van der Waals surface area (Å²) in [6, 6.07) is 7.01. The van der Waals surface area contributed by atoms with Gasteiger partial charge in [0.25, 0.3) is 5.91 Å². The molecule has 1 unspecified atom stereocenters. The highest BCUT2D eigenvalue weighted by Gasteiger charge is 2.22. The number of carbonyl (C=O) groups excluding carboxylic acids is 1. The van der Waals surface area contributed by atoms with Gasteiger partial charge in [-0.2, -0.15) is 11.8 Å². The summed E-state index contributed by atoms with van der Waals surface area (Å²) in [4.78, 5) is 11.7. The van der Waals surface area contributed by atoms with Gasteiger partial charge in [-0.25, -0.2) is 0 Å². The average molecular weight is 297 g/mol. The predicted octanol–water partition coefficient (Wildman–Crippen LogP) is 1.27.